The maximum Gasteiger partial charge on any atom is 0.135 e. The van der Waals surface area contributed by atoms with Crippen LogP contribution in [0.3, 0.4) is 0 Å². The summed E-state index contributed by atoms with van der Waals surface area (Å²) in [5, 5.41) is 3.49. The van der Waals surface area contributed by atoms with Gasteiger partial charge in [-0.25, -0.2) is 9.97 Å². The van der Waals surface area contributed by atoms with Crippen LogP contribution in [0.1, 0.15) is 24.0 Å². The van der Waals surface area contributed by atoms with Crippen molar-refractivity contribution in [2.45, 2.75) is 31.8 Å². The molecule has 0 radical (unpaired) electrons. The van der Waals surface area contributed by atoms with E-state index >= 15 is 0 Å². The van der Waals surface area contributed by atoms with E-state index in [0.717, 1.165) is 63.3 Å². The normalized spacial score (nSPS) is 19.4. The molecule has 4 heterocycles. The number of hydrogen-bond donors (Lipinski definition) is 1. The Hall–Kier alpha value is -3.16. The largest absolute Gasteiger partial charge is 0.378 e. The number of nitrogens with zero attached hydrogens (tertiary/aromatic N) is 5. The molecule has 35 heavy (non-hydrogen) atoms. The Morgan fingerprint density at radius 2 is 1.63 bits per heavy atom. The van der Waals surface area contributed by atoms with Gasteiger partial charge < -0.3 is 19.9 Å². The number of rotatable bonds is 5. The molecule has 3 aliphatic heterocycles. The van der Waals surface area contributed by atoms with Crippen molar-refractivity contribution in [3.63, 3.8) is 0 Å². The summed E-state index contributed by atoms with van der Waals surface area (Å²) in [6.07, 6.45) is 5.20. The van der Waals surface area contributed by atoms with E-state index in [1.165, 1.54) is 42.6 Å². The van der Waals surface area contributed by atoms with Gasteiger partial charge in [-0.2, -0.15) is 0 Å². The molecule has 0 unspecified atom stereocenters. The summed E-state index contributed by atoms with van der Waals surface area (Å²) in [6, 6.07) is 20.2. The third-order valence-corrected chi connectivity index (χ3v) is 7.61. The molecule has 0 amide bonds. The van der Waals surface area contributed by atoms with Crippen LogP contribution in [0.4, 0.5) is 23.0 Å². The molecule has 0 spiro atoms. The van der Waals surface area contributed by atoms with Gasteiger partial charge in [0.1, 0.15) is 18.0 Å². The summed E-state index contributed by atoms with van der Waals surface area (Å²) < 4.78 is 5.49. The van der Waals surface area contributed by atoms with Gasteiger partial charge in [0.25, 0.3) is 0 Å². The van der Waals surface area contributed by atoms with Gasteiger partial charge in [-0.05, 0) is 48.6 Å². The lowest BCUT2D eigenvalue weighted by Crippen LogP contribution is -2.46. The number of nitrogens with one attached hydrogen (secondary N) is 1. The minimum Gasteiger partial charge on any atom is -0.378 e. The molecule has 2 aromatic carbocycles. The average molecular weight is 471 g/mol. The molecule has 2 saturated heterocycles. The van der Waals surface area contributed by atoms with Crippen LogP contribution in [0.25, 0.3) is 0 Å². The lowest BCUT2D eigenvalue weighted by Gasteiger charge is -2.41. The van der Waals surface area contributed by atoms with Gasteiger partial charge in [0.2, 0.25) is 0 Å². The molecule has 3 aliphatic rings. The summed E-state index contributed by atoms with van der Waals surface area (Å²) in [5.41, 5.74) is 5.29. The van der Waals surface area contributed by atoms with Crippen molar-refractivity contribution < 1.29 is 4.74 Å². The van der Waals surface area contributed by atoms with Crippen molar-refractivity contribution in [2.24, 2.45) is 0 Å². The van der Waals surface area contributed by atoms with E-state index < -0.39 is 0 Å². The summed E-state index contributed by atoms with van der Waals surface area (Å²) in [6.45, 7) is 7.77. The first kappa shape index (κ1) is 22.3. The first-order chi connectivity index (χ1) is 17.3. The Bertz CT molecular complexity index is 1140. The lowest BCUT2D eigenvalue weighted by atomic mass is 9.95. The fraction of sp³-hybridized carbons (Fsp3) is 0.429. The number of aromatic nitrogens is 2. The van der Waals surface area contributed by atoms with Crippen LogP contribution in [0, 0.1) is 0 Å². The van der Waals surface area contributed by atoms with Crippen molar-refractivity contribution in [1.29, 1.82) is 0 Å². The number of anilines is 4. The monoisotopic (exact) mass is 470 g/mol. The maximum atomic E-state index is 5.49. The Morgan fingerprint density at radius 3 is 2.49 bits per heavy atom. The maximum absolute atomic E-state index is 5.49. The molecule has 0 bridgehead atoms. The fourth-order valence-corrected chi connectivity index (χ4v) is 5.63. The average Bonchev–Trinajstić information content (AvgIpc) is 2.94. The van der Waals surface area contributed by atoms with Gasteiger partial charge in [-0.3, -0.25) is 4.90 Å². The highest BCUT2D eigenvalue weighted by atomic mass is 16.5. The topological polar surface area (TPSA) is 56.8 Å². The zero-order valence-electron chi connectivity index (χ0n) is 20.3. The van der Waals surface area contributed by atoms with Gasteiger partial charge in [0.05, 0.1) is 13.2 Å². The van der Waals surface area contributed by atoms with Crippen LogP contribution < -0.4 is 15.1 Å². The van der Waals surface area contributed by atoms with Crippen LogP contribution in [-0.2, 0) is 17.7 Å². The molecule has 0 aliphatic carbocycles. The molecule has 0 atom stereocenters. The minimum absolute atomic E-state index is 0.655. The third-order valence-electron chi connectivity index (χ3n) is 7.61. The number of benzene rings is 2. The van der Waals surface area contributed by atoms with Gasteiger partial charge in [0, 0.05) is 62.8 Å². The summed E-state index contributed by atoms with van der Waals surface area (Å²) >= 11 is 0. The zero-order valence-corrected chi connectivity index (χ0v) is 20.3. The van der Waals surface area contributed by atoms with Crippen molar-refractivity contribution in [3.8, 4) is 0 Å². The van der Waals surface area contributed by atoms with Crippen molar-refractivity contribution >= 4 is 23.0 Å². The first-order valence-electron chi connectivity index (χ1n) is 12.9. The highest BCUT2D eigenvalue weighted by Crippen LogP contribution is 2.28. The summed E-state index contributed by atoms with van der Waals surface area (Å²) in [7, 11) is 0. The molecule has 7 heteroatoms. The van der Waals surface area contributed by atoms with Gasteiger partial charge in [-0.15, -0.1) is 0 Å². The highest BCUT2D eigenvalue weighted by Gasteiger charge is 2.27. The van der Waals surface area contributed by atoms with Crippen molar-refractivity contribution in [2.75, 3.05) is 61.1 Å². The van der Waals surface area contributed by atoms with E-state index in [1.54, 1.807) is 6.33 Å². The van der Waals surface area contributed by atoms with Crippen LogP contribution in [0.15, 0.2) is 60.9 Å². The third kappa shape index (κ3) is 5.11. The van der Waals surface area contributed by atoms with Gasteiger partial charge in [-0.1, -0.05) is 30.3 Å². The predicted octanol–water partition coefficient (Wildman–Crippen LogP) is 4.08. The standard InChI is InChI=1S/C28H34N6O/c1-2-5-23-20-34(11-8-22(23)4-1)25-9-12-33(13-10-25)28-19-27(29-21-30-28)31-24-6-3-7-26(18-24)32-14-16-35-17-15-32/h1-7,18-19,21,25H,8-17,20H2,(H,29,30,31). The number of morpholine rings is 1. The second kappa shape index (κ2) is 10.2. The molecular formula is C28H34N6O. The van der Waals surface area contributed by atoms with Crippen LogP contribution in [0.5, 0.6) is 0 Å². The number of fused-ring (bicyclic) bond motifs is 1. The van der Waals surface area contributed by atoms with E-state index in [1.807, 2.05) is 0 Å². The van der Waals surface area contributed by atoms with E-state index in [9.17, 15) is 0 Å². The molecule has 1 N–H and O–H groups in total. The molecule has 1 aromatic heterocycles. The SMILES string of the molecule is c1cc(Nc2cc(N3CCC(N4CCc5ccccc5C4)CC3)ncn2)cc(N2CCOCC2)c1. The lowest BCUT2D eigenvalue weighted by molar-refractivity contribution is 0.122. The van der Waals surface area contributed by atoms with E-state index in [0.29, 0.717) is 6.04 Å². The Kier molecular flexibility index (Phi) is 6.51. The molecule has 2 fully saturated rings. The molecule has 182 valence electrons. The van der Waals surface area contributed by atoms with Crippen LogP contribution in [-0.4, -0.2) is 66.8 Å². The van der Waals surface area contributed by atoms with Crippen molar-refractivity contribution in [3.05, 3.63) is 72.1 Å². The fourth-order valence-electron chi connectivity index (χ4n) is 5.63. The van der Waals surface area contributed by atoms with E-state index in [-0.39, 0.29) is 0 Å². The highest BCUT2D eigenvalue weighted by molar-refractivity contribution is 5.65. The Labute approximate surface area is 207 Å². The van der Waals surface area contributed by atoms with Crippen LogP contribution in [0.2, 0.25) is 0 Å². The minimum atomic E-state index is 0.655. The Morgan fingerprint density at radius 1 is 0.800 bits per heavy atom. The van der Waals surface area contributed by atoms with E-state index in [4.69, 9.17) is 4.74 Å². The van der Waals surface area contributed by atoms with Crippen LogP contribution >= 0.6 is 0 Å². The zero-order chi connectivity index (χ0) is 23.5. The molecule has 3 aromatic rings. The molecule has 0 saturated carbocycles. The first-order valence-corrected chi connectivity index (χ1v) is 12.9. The van der Waals surface area contributed by atoms with E-state index in [2.05, 4.69) is 84.6 Å². The summed E-state index contributed by atoms with van der Waals surface area (Å²) in [4.78, 5) is 16.6. The number of piperidine rings is 1. The molecular weight excluding hydrogens is 436 g/mol. The smallest absolute Gasteiger partial charge is 0.135 e. The van der Waals surface area contributed by atoms with Gasteiger partial charge in [0.15, 0.2) is 0 Å². The number of hydrogen-bond acceptors (Lipinski definition) is 7. The number of ether oxygens (including phenoxy) is 1. The second-order valence-corrected chi connectivity index (χ2v) is 9.74. The second-order valence-electron chi connectivity index (χ2n) is 9.74. The quantitative estimate of drug-likeness (QED) is 0.603. The van der Waals surface area contributed by atoms with Crippen molar-refractivity contribution in [1.82, 2.24) is 14.9 Å². The van der Waals surface area contributed by atoms with Gasteiger partial charge >= 0.3 is 0 Å². The predicted molar refractivity (Wildman–Crippen MR) is 141 cm³/mol. The Balaban J connectivity index is 1.07. The molecule has 6 rings (SSSR count). The molecule has 7 nitrogen and oxygen atoms in total. The summed E-state index contributed by atoms with van der Waals surface area (Å²) in [5.74, 6) is 1.85.